The molecule has 5 rings (SSSR count). The average Bonchev–Trinajstić information content (AvgIpc) is 3.20. The van der Waals surface area contributed by atoms with Crippen LogP contribution < -0.4 is 9.47 Å². The summed E-state index contributed by atoms with van der Waals surface area (Å²) in [6.07, 6.45) is 1.19. The fraction of sp³-hybridized carbons (Fsp3) is 0.250. The number of halogens is 1. The van der Waals surface area contributed by atoms with Gasteiger partial charge in [-0.05, 0) is 36.1 Å². The summed E-state index contributed by atoms with van der Waals surface area (Å²) in [5.41, 5.74) is 0.487. The molecule has 0 radical (unpaired) electrons. The standard InChI is InChI=1S/C24H19ClN2O3/c1-29-22-21-19(13-20(25)27-22)30-24(17-9-7-15(14-26)8-10-17)18(11-12-23(21,24)28)16-5-3-2-4-6-16/h2-10,13,18,28H,11-12H2,1H3. The minimum absolute atomic E-state index is 0.118. The SMILES string of the molecule is COc1nc(Cl)cc2c1C1(O)CCC(c3ccccc3)C1(c1ccc(C#N)cc1)O2. The molecule has 5 nitrogen and oxygen atoms in total. The first-order chi connectivity index (χ1) is 14.5. The van der Waals surface area contributed by atoms with Crippen LogP contribution in [0.25, 0.3) is 0 Å². The van der Waals surface area contributed by atoms with E-state index < -0.39 is 11.2 Å². The Bertz CT molecular complexity index is 1160. The molecule has 150 valence electrons. The Kier molecular flexibility index (Phi) is 4.25. The zero-order valence-corrected chi connectivity index (χ0v) is 17.1. The summed E-state index contributed by atoms with van der Waals surface area (Å²) in [4.78, 5) is 4.28. The monoisotopic (exact) mass is 418 g/mol. The Morgan fingerprint density at radius 3 is 2.60 bits per heavy atom. The first kappa shape index (κ1) is 18.9. The van der Waals surface area contributed by atoms with E-state index in [0.29, 0.717) is 29.7 Å². The molecule has 2 aromatic carbocycles. The number of nitriles is 1. The molecule has 3 atom stereocenters. The number of fused-ring (bicyclic) bond motifs is 3. The lowest BCUT2D eigenvalue weighted by Gasteiger charge is -2.40. The van der Waals surface area contributed by atoms with Crippen LogP contribution in [0.4, 0.5) is 0 Å². The number of pyridine rings is 1. The summed E-state index contributed by atoms with van der Waals surface area (Å²) < 4.78 is 12.1. The van der Waals surface area contributed by atoms with Crippen LogP contribution in [0.15, 0.2) is 60.7 Å². The summed E-state index contributed by atoms with van der Waals surface area (Å²) in [5, 5.41) is 21.7. The van der Waals surface area contributed by atoms with Crippen molar-refractivity contribution in [3.05, 3.63) is 88.1 Å². The molecule has 0 saturated heterocycles. The Labute approximate surface area is 179 Å². The molecule has 1 aromatic heterocycles. The van der Waals surface area contributed by atoms with E-state index in [4.69, 9.17) is 21.1 Å². The average molecular weight is 419 g/mol. The van der Waals surface area contributed by atoms with E-state index >= 15 is 0 Å². The van der Waals surface area contributed by atoms with Crippen molar-refractivity contribution in [2.45, 2.75) is 30.0 Å². The molecular formula is C24H19ClN2O3. The van der Waals surface area contributed by atoms with Crippen LogP contribution in [-0.4, -0.2) is 17.2 Å². The van der Waals surface area contributed by atoms with Crippen LogP contribution in [0.3, 0.4) is 0 Å². The van der Waals surface area contributed by atoms with Gasteiger partial charge in [0.05, 0.1) is 24.3 Å². The number of aliphatic hydroxyl groups is 1. The van der Waals surface area contributed by atoms with Gasteiger partial charge in [0.1, 0.15) is 16.5 Å². The lowest BCUT2D eigenvalue weighted by Crippen LogP contribution is -2.48. The first-order valence-electron chi connectivity index (χ1n) is 9.75. The first-order valence-corrected chi connectivity index (χ1v) is 10.1. The number of nitrogens with zero attached hydrogens (tertiary/aromatic N) is 2. The van der Waals surface area contributed by atoms with E-state index in [1.807, 2.05) is 30.3 Å². The Hall–Kier alpha value is -3.07. The number of aromatic nitrogens is 1. The predicted molar refractivity (Wildman–Crippen MR) is 112 cm³/mol. The molecule has 3 unspecified atom stereocenters. The van der Waals surface area contributed by atoms with Gasteiger partial charge >= 0.3 is 0 Å². The van der Waals surface area contributed by atoms with Crippen molar-refractivity contribution in [2.24, 2.45) is 0 Å². The topological polar surface area (TPSA) is 75.4 Å². The van der Waals surface area contributed by atoms with Gasteiger partial charge in [-0.25, -0.2) is 4.98 Å². The van der Waals surface area contributed by atoms with Crippen LogP contribution >= 0.6 is 11.6 Å². The van der Waals surface area contributed by atoms with Crippen LogP contribution in [0.1, 0.15) is 41.0 Å². The van der Waals surface area contributed by atoms with Crippen LogP contribution in [-0.2, 0) is 11.2 Å². The zero-order chi connectivity index (χ0) is 20.9. The zero-order valence-electron chi connectivity index (χ0n) is 16.3. The molecule has 1 saturated carbocycles. The van der Waals surface area contributed by atoms with Gasteiger partial charge in [0.25, 0.3) is 0 Å². The van der Waals surface area contributed by atoms with Gasteiger partial charge in [-0.2, -0.15) is 5.26 Å². The lowest BCUT2D eigenvalue weighted by atomic mass is 9.72. The molecule has 2 aliphatic rings. The van der Waals surface area contributed by atoms with Crippen molar-refractivity contribution >= 4 is 11.6 Å². The molecule has 1 fully saturated rings. The molecule has 0 spiro atoms. The number of rotatable bonds is 3. The molecule has 6 heteroatoms. The summed E-state index contributed by atoms with van der Waals surface area (Å²) in [6, 6.07) is 21.0. The molecule has 30 heavy (non-hydrogen) atoms. The van der Waals surface area contributed by atoms with E-state index in [2.05, 4.69) is 23.2 Å². The highest BCUT2D eigenvalue weighted by atomic mass is 35.5. The fourth-order valence-electron chi connectivity index (χ4n) is 5.13. The van der Waals surface area contributed by atoms with Crippen LogP contribution in [0.2, 0.25) is 5.15 Å². The fourth-order valence-corrected chi connectivity index (χ4v) is 5.30. The third kappa shape index (κ3) is 2.41. The van der Waals surface area contributed by atoms with Gasteiger partial charge in [-0.15, -0.1) is 0 Å². The summed E-state index contributed by atoms with van der Waals surface area (Å²) >= 11 is 6.20. The molecule has 2 heterocycles. The molecule has 1 aliphatic carbocycles. The Morgan fingerprint density at radius 2 is 1.93 bits per heavy atom. The third-order valence-electron chi connectivity index (χ3n) is 6.34. The Balaban J connectivity index is 1.79. The van der Waals surface area contributed by atoms with Gasteiger partial charge < -0.3 is 14.6 Å². The number of methoxy groups -OCH3 is 1. The van der Waals surface area contributed by atoms with Gasteiger partial charge in [0.15, 0.2) is 5.60 Å². The number of hydrogen-bond donors (Lipinski definition) is 1. The van der Waals surface area contributed by atoms with Crippen molar-refractivity contribution < 1.29 is 14.6 Å². The number of ether oxygens (including phenoxy) is 2. The summed E-state index contributed by atoms with van der Waals surface area (Å²) in [6.45, 7) is 0. The molecule has 1 aliphatic heterocycles. The maximum absolute atomic E-state index is 12.2. The van der Waals surface area contributed by atoms with Crippen molar-refractivity contribution in [3.8, 4) is 17.7 Å². The lowest BCUT2D eigenvalue weighted by molar-refractivity contribution is -0.106. The second-order valence-corrected chi connectivity index (χ2v) is 8.10. The summed E-state index contributed by atoms with van der Waals surface area (Å²) in [5.74, 6) is 0.621. The van der Waals surface area contributed by atoms with E-state index in [9.17, 15) is 10.4 Å². The normalized spacial score (nSPS) is 26.4. The van der Waals surface area contributed by atoms with Gasteiger partial charge in [-0.3, -0.25) is 0 Å². The van der Waals surface area contributed by atoms with E-state index in [0.717, 1.165) is 11.1 Å². The third-order valence-corrected chi connectivity index (χ3v) is 6.54. The second kappa shape index (κ2) is 6.73. The molecule has 1 N–H and O–H groups in total. The molecule has 3 aromatic rings. The van der Waals surface area contributed by atoms with Crippen LogP contribution in [0, 0.1) is 11.3 Å². The highest BCUT2D eigenvalue weighted by Gasteiger charge is 2.69. The quantitative estimate of drug-likeness (QED) is 0.625. The van der Waals surface area contributed by atoms with Crippen molar-refractivity contribution in [1.82, 2.24) is 4.98 Å². The minimum Gasteiger partial charge on any atom is -0.481 e. The highest BCUT2D eigenvalue weighted by Crippen LogP contribution is 2.68. The maximum Gasteiger partial charge on any atom is 0.224 e. The molecule has 0 bridgehead atoms. The van der Waals surface area contributed by atoms with E-state index in [-0.39, 0.29) is 17.0 Å². The van der Waals surface area contributed by atoms with E-state index in [1.54, 1.807) is 18.2 Å². The maximum atomic E-state index is 12.2. The minimum atomic E-state index is -1.36. The van der Waals surface area contributed by atoms with Gasteiger partial charge in [0.2, 0.25) is 5.88 Å². The number of hydrogen-bond acceptors (Lipinski definition) is 5. The second-order valence-electron chi connectivity index (χ2n) is 7.72. The predicted octanol–water partition coefficient (Wildman–Crippen LogP) is 4.67. The Morgan fingerprint density at radius 1 is 1.20 bits per heavy atom. The molecule has 0 amide bonds. The van der Waals surface area contributed by atoms with Crippen molar-refractivity contribution in [2.75, 3.05) is 7.11 Å². The van der Waals surface area contributed by atoms with Gasteiger partial charge in [0, 0.05) is 12.0 Å². The summed E-state index contributed by atoms with van der Waals surface area (Å²) in [7, 11) is 1.51. The van der Waals surface area contributed by atoms with Gasteiger partial charge in [-0.1, -0.05) is 54.1 Å². The largest absolute Gasteiger partial charge is 0.481 e. The smallest absolute Gasteiger partial charge is 0.224 e. The highest BCUT2D eigenvalue weighted by molar-refractivity contribution is 6.29. The van der Waals surface area contributed by atoms with Crippen molar-refractivity contribution in [3.63, 3.8) is 0 Å². The molecular weight excluding hydrogens is 400 g/mol. The van der Waals surface area contributed by atoms with Crippen LogP contribution in [0.5, 0.6) is 11.6 Å². The number of benzene rings is 2. The van der Waals surface area contributed by atoms with E-state index in [1.165, 1.54) is 7.11 Å². The van der Waals surface area contributed by atoms with Crippen molar-refractivity contribution in [1.29, 1.82) is 5.26 Å².